The van der Waals surface area contributed by atoms with Gasteiger partial charge in [0.1, 0.15) is 17.7 Å². The van der Waals surface area contributed by atoms with Crippen LogP contribution in [0, 0.1) is 11.6 Å². The standard InChI is InChI=1S/C25H19F8NO2/c26-18-8-6-15(7-9-18)21(14-4-2-1-3-5-14)22(34-23(36)20(35)13-24(28,29)30)16-10-17(25(31,32)33)12-19(27)11-16/h1-12,20-22,35H,13H2,(H,34,36)/t20-,21-,22?/m0/s1. The molecule has 3 aromatic rings. The van der Waals surface area contributed by atoms with E-state index in [0.717, 1.165) is 12.1 Å². The molecule has 0 radical (unpaired) electrons. The molecule has 0 fully saturated rings. The number of hydrogen-bond acceptors (Lipinski definition) is 2. The van der Waals surface area contributed by atoms with E-state index in [9.17, 15) is 45.0 Å². The molecule has 3 rings (SSSR count). The fourth-order valence-corrected chi connectivity index (χ4v) is 3.78. The van der Waals surface area contributed by atoms with E-state index in [1.165, 1.54) is 24.3 Å². The SMILES string of the molecule is O=C(NC(c1cc(F)cc(C(F)(F)F)c1)[C@@H](c1ccccc1)c1ccc(F)cc1)[C@@H](O)CC(F)(F)F. The minimum absolute atomic E-state index is 0.232. The van der Waals surface area contributed by atoms with Crippen molar-refractivity contribution in [2.75, 3.05) is 0 Å². The molecule has 1 unspecified atom stereocenters. The Kier molecular flexibility index (Phi) is 8.02. The summed E-state index contributed by atoms with van der Waals surface area (Å²) in [6, 6.07) is 12.4. The number of nitrogens with one attached hydrogen (secondary N) is 1. The number of benzene rings is 3. The second kappa shape index (κ2) is 10.7. The van der Waals surface area contributed by atoms with Gasteiger partial charge in [0.15, 0.2) is 0 Å². The molecule has 0 bridgehead atoms. The van der Waals surface area contributed by atoms with Gasteiger partial charge in [-0.2, -0.15) is 26.3 Å². The summed E-state index contributed by atoms with van der Waals surface area (Å²) in [6.07, 6.45) is -14.4. The molecule has 3 aromatic carbocycles. The molecule has 3 atom stereocenters. The Labute approximate surface area is 200 Å². The molecule has 11 heteroatoms. The lowest BCUT2D eigenvalue weighted by molar-refractivity contribution is -0.163. The summed E-state index contributed by atoms with van der Waals surface area (Å²) in [5.74, 6) is -4.58. The average molecular weight is 517 g/mol. The molecule has 3 nitrogen and oxygen atoms in total. The maximum absolute atomic E-state index is 14.3. The zero-order valence-corrected chi connectivity index (χ0v) is 18.2. The lowest BCUT2D eigenvalue weighted by atomic mass is 9.81. The quantitative estimate of drug-likeness (QED) is 0.362. The van der Waals surface area contributed by atoms with Gasteiger partial charge < -0.3 is 10.4 Å². The number of aliphatic hydroxyl groups excluding tert-OH is 1. The van der Waals surface area contributed by atoms with Crippen LogP contribution in [-0.4, -0.2) is 23.3 Å². The van der Waals surface area contributed by atoms with Crippen LogP contribution in [0.15, 0.2) is 72.8 Å². The summed E-state index contributed by atoms with van der Waals surface area (Å²) in [6.45, 7) is 0. The molecule has 2 N–H and O–H groups in total. The molecule has 0 aliphatic rings. The second-order valence-corrected chi connectivity index (χ2v) is 8.03. The van der Waals surface area contributed by atoms with Crippen LogP contribution in [0.4, 0.5) is 35.1 Å². The van der Waals surface area contributed by atoms with E-state index in [1.807, 2.05) is 0 Å². The first-order valence-electron chi connectivity index (χ1n) is 10.5. The van der Waals surface area contributed by atoms with Crippen molar-refractivity contribution in [2.45, 2.75) is 36.8 Å². The molecular formula is C25H19F8NO2. The third kappa shape index (κ3) is 7.03. The first-order chi connectivity index (χ1) is 16.7. The van der Waals surface area contributed by atoms with Crippen LogP contribution < -0.4 is 5.32 Å². The highest BCUT2D eigenvalue weighted by molar-refractivity contribution is 5.81. The fraction of sp³-hybridized carbons (Fsp3) is 0.240. The summed E-state index contributed by atoms with van der Waals surface area (Å²) < 4.78 is 106. The van der Waals surface area contributed by atoms with E-state index in [1.54, 1.807) is 18.2 Å². The molecule has 192 valence electrons. The molecule has 0 aliphatic heterocycles. The Morgan fingerprint density at radius 3 is 1.92 bits per heavy atom. The Morgan fingerprint density at radius 2 is 1.36 bits per heavy atom. The van der Waals surface area contributed by atoms with Crippen molar-refractivity contribution in [1.29, 1.82) is 0 Å². The van der Waals surface area contributed by atoms with Gasteiger partial charge in [-0.15, -0.1) is 0 Å². The molecule has 1 amide bonds. The van der Waals surface area contributed by atoms with Crippen LogP contribution in [0.2, 0.25) is 0 Å². The highest BCUT2D eigenvalue weighted by Crippen LogP contribution is 2.40. The summed E-state index contributed by atoms with van der Waals surface area (Å²) in [4.78, 5) is 12.6. The summed E-state index contributed by atoms with van der Waals surface area (Å²) >= 11 is 0. The molecule has 0 heterocycles. The number of alkyl halides is 6. The maximum atomic E-state index is 14.3. The minimum atomic E-state index is -4.97. The lowest BCUT2D eigenvalue weighted by Gasteiger charge is -2.31. The Hall–Kier alpha value is -3.47. The van der Waals surface area contributed by atoms with Crippen molar-refractivity contribution in [3.05, 3.63) is 107 Å². The number of halogens is 8. The third-order valence-electron chi connectivity index (χ3n) is 5.35. The minimum Gasteiger partial charge on any atom is -0.383 e. The highest BCUT2D eigenvalue weighted by atomic mass is 19.4. The van der Waals surface area contributed by atoms with Crippen molar-refractivity contribution in [3.8, 4) is 0 Å². The van der Waals surface area contributed by atoms with Crippen LogP contribution >= 0.6 is 0 Å². The fourth-order valence-electron chi connectivity index (χ4n) is 3.78. The van der Waals surface area contributed by atoms with Gasteiger partial charge >= 0.3 is 12.4 Å². The van der Waals surface area contributed by atoms with Crippen molar-refractivity contribution < 1.29 is 45.0 Å². The van der Waals surface area contributed by atoms with Crippen LogP contribution in [0.5, 0.6) is 0 Å². The number of aliphatic hydroxyl groups is 1. The van der Waals surface area contributed by atoms with Crippen LogP contribution in [0.25, 0.3) is 0 Å². The average Bonchev–Trinajstić information content (AvgIpc) is 2.78. The van der Waals surface area contributed by atoms with Gasteiger partial charge in [-0.3, -0.25) is 4.79 Å². The predicted molar refractivity (Wildman–Crippen MR) is 114 cm³/mol. The van der Waals surface area contributed by atoms with Gasteiger partial charge in [0.2, 0.25) is 5.91 Å². The normalized spacial score (nSPS) is 14.7. The predicted octanol–water partition coefficient (Wildman–Crippen LogP) is 6.29. The monoisotopic (exact) mass is 517 g/mol. The zero-order valence-electron chi connectivity index (χ0n) is 18.2. The molecule has 36 heavy (non-hydrogen) atoms. The summed E-state index contributed by atoms with van der Waals surface area (Å²) in [5.41, 5.74) is -1.18. The van der Waals surface area contributed by atoms with Crippen molar-refractivity contribution in [1.82, 2.24) is 5.32 Å². The molecule has 0 saturated carbocycles. The Morgan fingerprint density at radius 1 is 0.778 bits per heavy atom. The number of amides is 1. The van der Waals surface area contributed by atoms with Gasteiger partial charge in [0.05, 0.1) is 18.0 Å². The number of carbonyl (C=O) groups is 1. The number of hydrogen-bond donors (Lipinski definition) is 2. The Balaban J connectivity index is 2.19. The van der Waals surface area contributed by atoms with Crippen molar-refractivity contribution in [3.63, 3.8) is 0 Å². The van der Waals surface area contributed by atoms with Gasteiger partial charge in [0, 0.05) is 5.92 Å². The van der Waals surface area contributed by atoms with Crippen LogP contribution in [0.3, 0.4) is 0 Å². The van der Waals surface area contributed by atoms with Gasteiger partial charge in [0.25, 0.3) is 0 Å². The van der Waals surface area contributed by atoms with E-state index >= 15 is 0 Å². The number of rotatable bonds is 7. The second-order valence-electron chi connectivity index (χ2n) is 8.03. The zero-order chi connectivity index (χ0) is 26.7. The van der Waals surface area contributed by atoms with Crippen molar-refractivity contribution >= 4 is 5.91 Å². The van der Waals surface area contributed by atoms with Gasteiger partial charge in [-0.05, 0) is 47.0 Å². The van der Waals surface area contributed by atoms with Crippen LogP contribution in [-0.2, 0) is 11.0 Å². The first-order valence-corrected chi connectivity index (χ1v) is 10.5. The molecule has 0 saturated heterocycles. The summed E-state index contributed by atoms with van der Waals surface area (Å²) in [5, 5.41) is 12.0. The lowest BCUT2D eigenvalue weighted by Crippen LogP contribution is -2.41. The third-order valence-corrected chi connectivity index (χ3v) is 5.35. The van der Waals surface area contributed by atoms with E-state index < -0.39 is 65.5 Å². The summed E-state index contributed by atoms with van der Waals surface area (Å²) in [7, 11) is 0. The molecular weight excluding hydrogens is 498 g/mol. The number of carbonyl (C=O) groups excluding carboxylic acids is 1. The maximum Gasteiger partial charge on any atom is 0.416 e. The molecule has 0 aliphatic carbocycles. The van der Waals surface area contributed by atoms with Crippen molar-refractivity contribution in [2.24, 2.45) is 0 Å². The van der Waals surface area contributed by atoms with E-state index in [2.05, 4.69) is 5.32 Å². The van der Waals surface area contributed by atoms with E-state index in [-0.39, 0.29) is 11.6 Å². The largest absolute Gasteiger partial charge is 0.416 e. The topological polar surface area (TPSA) is 49.3 Å². The van der Waals surface area contributed by atoms with Crippen LogP contribution in [0.1, 0.15) is 40.6 Å². The van der Waals surface area contributed by atoms with Gasteiger partial charge in [-0.25, -0.2) is 8.78 Å². The van der Waals surface area contributed by atoms with E-state index in [4.69, 9.17) is 0 Å². The molecule has 0 spiro atoms. The first kappa shape index (κ1) is 27.1. The molecule has 0 aromatic heterocycles. The smallest absolute Gasteiger partial charge is 0.383 e. The van der Waals surface area contributed by atoms with E-state index in [0.29, 0.717) is 17.7 Å². The Bertz CT molecular complexity index is 1180. The van der Waals surface area contributed by atoms with Gasteiger partial charge in [-0.1, -0.05) is 42.5 Å². The highest BCUT2D eigenvalue weighted by Gasteiger charge is 2.38.